The third kappa shape index (κ3) is 2.79. The van der Waals surface area contributed by atoms with E-state index in [4.69, 9.17) is 27.0 Å². The SMILES string of the molecule is O=S(=O)(O)c1ccccc1P(Cl)Cl. The second kappa shape index (κ2) is 4.11. The second-order valence-corrected chi connectivity index (χ2v) is 7.06. The highest BCUT2D eigenvalue weighted by Gasteiger charge is 2.18. The second-order valence-electron chi connectivity index (χ2n) is 2.18. The molecule has 0 unspecified atom stereocenters. The molecule has 1 N–H and O–H groups in total. The van der Waals surface area contributed by atoms with E-state index in [1.54, 1.807) is 6.07 Å². The first-order chi connectivity index (χ1) is 5.93. The molecule has 0 saturated heterocycles. The first-order valence-corrected chi connectivity index (χ1v) is 7.70. The van der Waals surface area contributed by atoms with Crippen LogP contribution in [0.3, 0.4) is 0 Å². The number of hydrogen-bond donors (Lipinski definition) is 1. The van der Waals surface area contributed by atoms with E-state index in [1.807, 2.05) is 0 Å². The largest absolute Gasteiger partial charge is 0.295 e. The smallest absolute Gasteiger partial charge is 0.282 e. The molecular weight excluding hydrogens is 254 g/mol. The van der Waals surface area contributed by atoms with Gasteiger partial charge in [-0.05, 0) is 6.07 Å². The summed E-state index contributed by atoms with van der Waals surface area (Å²) in [5.74, 6) is 0. The van der Waals surface area contributed by atoms with Crippen molar-refractivity contribution in [3.63, 3.8) is 0 Å². The van der Waals surface area contributed by atoms with Crippen molar-refractivity contribution in [3.8, 4) is 0 Å². The Morgan fingerprint density at radius 1 is 1.23 bits per heavy atom. The Morgan fingerprint density at radius 3 is 2.15 bits per heavy atom. The molecule has 0 spiro atoms. The molecule has 0 saturated carbocycles. The molecule has 0 aliphatic heterocycles. The van der Waals surface area contributed by atoms with Gasteiger partial charge in [0, 0.05) is 5.30 Å². The summed E-state index contributed by atoms with van der Waals surface area (Å²) < 4.78 is 30.4. The van der Waals surface area contributed by atoms with Gasteiger partial charge in [0.05, 0.1) is 0 Å². The molecule has 3 nitrogen and oxygen atoms in total. The Labute approximate surface area is 86.8 Å². The van der Waals surface area contributed by atoms with E-state index >= 15 is 0 Å². The summed E-state index contributed by atoms with van der Waals surface area (Å²) in [7, 11) is -4.23. The van der Waals surface area contributed by atoms with Gasteiger partial charge in [-0.1, -0.05) is 40.7 Å². The molecule has 0 atom stereocenters. The van der Waals surface area contributed by atoms with Crippen molar-refractivity contribution in [2.24, 2.45) is 0 Å². The molecule has 1 rings (SSSR count). The van der Waals surface area contributed by atoms with E-state index in [0.29, 0.717) is 0 Å². The van der Waals surface area contributed by atoms with Gasteiger partial charge < -0.3 is 0 Å². The van der Waals surface area contributed by atoms with Crippen LogP contribution in [0, 0.1) is 0 Å². The molecule has 0 heterocycles. The van der Waals surface area contributed by atoms with Crippen molar-refractivity contribution in [2.45, 2.75) is 4.90 Å². The molecule has 0 aliphatic carbocycles. The fourth-order valence-corrected chi connectivity index (χ4v) is 3.64. The van der Waals surface area contributed by atoms with E-state index in [9.17, 15) is 8.42 Å². The zero-order valence-corrected chi connectivity index (χ0v) is 9.41. The van der Waals surface area contributed by atoms with E-state index in [2.05, 4.69) is 0 Å². The van der Waals surface area contributed by atoms with Crippen molar-refractivity contribution < 1.29 is 13.0 Å². The summed E-state index contributed by atoms with van der Waals surface area (Å²) in [5, 5.41) is 0.239. The zero-order valence-electron chi connectivity index (χ0n) is 6.18. The predicted molar refractivity (Wildman–Crippen MR) is 54.5 cm³/mol. The molecule has 0 radical (unpaired) electrons. The van der Waals surface area contributed by atoms with Crippen LogP contribution in [0.5, 0.6) is 0 Å². The maximum absolute atomic E-state index is 10.8. The van der Waals surface area contributed by atoms with Crippen molar-refractivity contribution >= 4 is 44.5 Å². The van der Waals surface area contributed by atoms with Crippen molar-refractivity contribution in [1.29, 1.82) is 0 Å². The topological polar surface area (TPSA) is 54.4 Å². The molecule has 0 amide bonds. The highest BCUT2D eigenvalue weighted by molar-refractivity contribution is 8.09. The van der Waals surface area contributed by atoms with E-state index < -0.39 is 16.7 Å². The first-order valence-electron chi connectivity index (χ1n) is 3.11. The molecule has 1 aromatic rings. The highest BCUT2D eigenvalue weighted by Crippen LogP contribution is 2.46. The lowest BCUT2D eigenvalue weighted by atomic mass is 10.4. The maximum Gasteiger partial charge on any atom is 0.295 e. The van der Waals surface area contributed by atoms with Gasteiger partial charge in [-0.15, -0.1) is 0 Å². The molecule has 72 valence electrons. The summed E-state index contributed by atoms with van der Waals surface area (Å²) in [4.78, 5) is -0.230. The number of benzene rings is 1. The Hall–Kier alpha value is 0.140. The maximum atomic E-state index is 10.8. The minimum atomic E-state index is -4.23. The Balaban J connectivity index is 3.37. The van der Waals surface area contributed by atoms with Gasteiger partial charge in [-0.25, -0.2) is 0 Å². The van der Waals surface area contributed by atoms with Crippen LogP contribution in [0.1, 0.15) is 0 Å². The van der Waals surface area contributed by atoms with Gasteiger partial charge in [-0.2, -0.15) is 8.42 Å². The lowest BCUT2D eigenvalue weighted by Crippen LogP contribution is -2.10. The Morgan fingerprint density at radius 2 is 1.77 bits per heavy atom. The van der Waals surface area contributed by atoms with Crippen LogP contribution < -0.4 is 5.30 Å². The molecule has 1 aromatic carbocycles. The van der Waals surface area contributed by atoms with Gasteiger partial charge in [0.25, 0.3) is 10.1 Å². The summed E-state index contributed by atoms with van der Waals surface area (Å²) in [6.45, 7) is -1.58. The predicted octanol–water partition coefficient (Wildman–Crippen LogP) is 2.35. The summed E-state index contributed by atoms with van der Waals surface area (Å²) in [6.07, 6.45) is 0. The van der Waals surface area contributed by atoms with Crippen LogP contribution in [0.4, 0.5) is 0 Å². The monoisotopic (exact) mass is 258 g/mol. The molecule has 13 heavy (non-hydrogen) atoms. The van der Waals surface area contributed by atoms with Crippen molar-refractivity contribution in [3.05, 3.63) is 24.3 Å². The van der Waals surface area contributed by atoms with Crippen molar-refractivity contribution in [2.75, 3.05) is 0 Å². The number of hydrogen-bond acceptors (Lipinski definition) is 2. The van der Waals surface area contributed by atoms with E-state index in [1.165, 1.54) is 18.2 Å². The molecule has 0 aliphatic rings. The van der Waals surface area contributed by atoms with Crippen LogP contribution in [0.15, 0.2) is 29.2 Å². The molecule has 7 heteroatoms. The van der Waals surface area contributed by atoms with Crippen LogP contribution in [-0.2, 0) is 10.1 Å². The average Bonchev–Trinajstić information content (AvgIpc) is 2.03. The van der Waals surface area contributed by atoms with Crippen LogP contribution >= 0.6 is 29.1 Å². The fraction of sp³-hybridized carbons (Fsp3) is 0. The minimum absolute atomic E-state index is 0.230. The summed E-state index contributed by atoms with van der Waals surface area (Å²) in [5.41, 5.74) is 0. The molecular formula is C6H5Cl2O3PS. The number of halogens is 2. The van der Waals surface area contributed by atoms with Crippen LogP contribution in [0.2, 0.25) is 0 Å². The Kier molecular flexibility index (Phi) is 3.55. The molecule has 0 fully saturated rings. The summed E-state index contributed by atoms with van der Waals surface area (Å²) >= 11 is 11.1. The van der Waals surface area contributed by atoms with Gasteiger partial charge in [0.15, 0.2) is 0 Å². The average molecular weight is 259 g/mol. The first kappa shape index (κ1) is 11.2. The lowest BCUT2D eigenvalue weighted by molar-refractivity contribution is 0.484. The van der Waals surface area contributed by atoms with Crippen LogP contribution in [0.25, 0.3) is 0 Å². The molecule has 0 aromatic heterocycles. The van der Waals surface area contributed by atoms with Gasteiger partial charge in [0.1, 0.15) is 11.5 Å². The van der Waals surface area contributed by atoms with Gasteiger partial charge in [0.2, 0.25) is 0 Å². The lowest BCUT2D eigenvalue weighted by Gasteiger charge is -2.05. The standard InChI is InChI=1S/C6H5Cl2O3PS/c7-12(8)5-3-1-2-4-6(5)13(9,10)11/h1-4H,(H,9,10,11). The Bertz CT molecular complexity index is 404. The van der Waals surface area contributed by atoms with E-state index in [0.717, 1.165) is 0 Å². The third-order valence-electron chi connectivity index (χ3n) is 1.33. The quantitative estimate of drug-likeness (QED) is 0.655. The highest BCUT2D eigenvalue weighted by atomic mass is 35.9. The van der Waals surface area contributed by atoms with Gasteiger partial charge >= 0.3 is 0 Å². The molecule has 0 bridgehead atoms. The third-order valence-corrected chi connectivity index (χ3v) is 4.24. The fourth-order valence-electron chi connectivity index (χ4n) is 0.815. The minimum Gasteiger partial charge on any atom is -0.282 e. The number of rotatable bonds is 2. The van der Waals surface area contributed by atoms with E-state index in [-0.39, 0.29) is 10.2 Å². The normalized spacial score (nSPS) is 12.0. The summed E-state index contributed by atoms with van der Waals surface area (Å²) in [6, 6.07) is 5.81. The van der Waals surface area contributed by atoms with Gasteiger partial charge in [-0.3, -0.25) is 4.55 Å². The zero-order chi connectivity index (χ0) is 10.1. The van der Waals surface area contributed by atoms with Crippen molar-refractivity contribution in [1.82, 2.24) is 0 Å². The van der Waals surface area contributed by atoms with Crippen LogP contribution in [-0.4, -0.2) is 13.0 Å².